The van der Waals surface area contributed by atoms with Crippen molar-refractivity contribution in [1.29, 1.82) is 0 Å². The van der Waals surface area contributed by atoms with E-state index < -0.39 is 0 Å². The zero-order chi connectivity index (χ0) is 12.1. The molecule has 2 rings (SSSR count). The third-order valence-electron chi connectivity index (χ3n) is 2.66. The topological polar surface area (TPSA) is 50.5 Å². The van der Waals surface area contributed by atoms with Crippen LogP contribution in [0.5, 0.6) is 6.08 Å². The average Bonchev–Trinajstić information content (AvgIpc) is 3.01. The maximum atomic E-state index is 5.43. The third-order valence-corrected chi connectivity index (χ3v) is 2.66. The van der Waals surface area contributed by atoms with Crippen molar-refractivity contribution < 1.29 is 9.15 Å². The maximum Gasteiger partial charge on any atom is 0.393 e. The fourth-order valence-electron chi connectivity index (χ4n) is 1.51. The number of hydrogen-bond donors (Lipinski definition) is 1. The van der Waals surface area contributed by atoms with Gasteiger partial charge in [-0.15, -0.1) is 0 Å². The molecule has 0 atom stereocenters. The van der Waals surface area contributed by atoms with Crippen molar-refractivity contribution in [1.82, 2.24) is 15.2 Å². The van der Waals surface area contributed by atoms with E-state index in [0.717, 1.165) is 25.2 Å². The molecule has 5 heteroatoms. The van der Waals surface area contributed by atoms with Gasteiger partial charge in [-0.1, -0.05) is 0 Å². The predicted molar refractivity (Wildman–Crippen MR) is 65.0 cm³/mol. The van der Waals surface area contributed by atoms with E-state index in [2.05, 4.69) is 15.2 Å². The van der Waals surface area contributed by atoms with E-state index in [4.69, 9.17) is 9.15 Å². The maximum absolute atomic E-state index is 5.43. The van der Waals surface area contributed by atoms with Crippen LogP contribution < -0.4 is 10.1 Å². The van der Waals surface area contributed by atoms with Crippen molar-refractivity contribution in [2.45, 2.75) is 31.8 Å². The molecule has 0 aliphatic heterocycles. The standard InChI is InChI=1S/C12H21N3O2/c1-15(2)6-3-7-16-12-14-11(9-17-12)8-13-10-4-5-10/h9-10,13H,3-8H2,1-2H3. The van der Waals surface area contributed by atoms with Crippen molar-refractivity contribution in [2.75, 3.05) is 27.2 Å². The fourth-order valence-corrected chi connectivity index (χ4v) is 1.51. The average molecular weight is 239 g/mol. The van der Waals surface area contributed by atoms with Crippen LogP contribution >= 0.6 is 0 Å². The van der Waals surface area contributed by atoms with Gasteiger partial charge in [0.15, 0.2) is 0 Å². The molecule has 0 radical (unpaired) electrons. The summed E-state index contributed by atoms with van der Waals surface area (Å²) in [7, 11) is 4.10. The van der Waals surface area contributed by atoms with E-state index in [1.165, 1.54) is 12.8 Å². The minimum absolute atomic E-state index is 0.386. The van der Waals surface area contributed by atoms with Gasteiger partial charge in [0.25, 0.3) is 0 Å². The van der Waals surface area contributed by atoms with E-state index in [0.29, 0.717) is 18.7 Å². The Morgan fingerprint density at radius 3 is 3.06 bits per heavy atom. The Bertz CT molecular complexity index is 334. The SMILES string of the molecule is CN(C)CCCOc1nc(CNC2CC2)co1. The van der Waals surface area contributed by atoms with Crippen molar-refractivity contribution >= 4 is 0 Å². The van der Waals surface area contributed by atoms with Crippen LogP contribution in [0.15, 0.2) is 10.7 Å². The Hall–Kier alpha value is -1.07. The van der Waals surface area contributed by atoms with Crippen molar-refractivity contribution in [3.8, 4) is 6.08 Å². The quantitative estimate of drug-likeness (QED) is 0.692. The van der Waals surface area contributed by atoms with Gasteiger partial charge in [-0.25, -0.2) is 0 Å². The smallest absolute Gasteiger partial charge is 0.393 e. The second-order valence-corrected chi connectivity index (χ2v) is 4.77. The molecule has 96 valence electrons. The number of ether oxygens (including phenoxy) is 1. The lowest BCUT2D eigenvalue weighted by Gasteiger charge is -2.08. The molecule has 1 aromatic rings. The molecule has 0 amide bonds. The Kier molecular flexibility index (Phi) is 4.39. The summed E-state index contributed by atoms with van der Waals surface area (Å²) in [6, 6.07) is 0.691. The van der Waals surface area contributed by atoms with E-state index in [1.807, 2.05) is 14.1 Å². The minimum Gasteiger partial charge on any atom is -0.450 e. The Balaban J connectivity index is 1.62. The van der Waals surface area contributed by atoms with Gasteiger partial charge in [-0.2, -0.15) is 4.98 Å². The molecular formula is C12H21N3O2. The monoisotopic (exact) mass is 239 g/mol. The van der Waals surface area contributed by atoms with Crippen LogP contribution in [0.2, 0.25) is 0 Å². The lowest BCUT2D eigenvalue weighted by molar-refractivity contribution is 0.215. The molecule has 0 bridgehead atoms. The normalized spacial score (nSPS) is 15.5. The molecule has 1 aromatic heterocycles. The molecule has 0 aromatic carbocycles. The molecule has 1 heterocycles. The number of rotatable bonds is 8. The minimum atomic E-state index is 0.386. The number of oxazole rings is 1. The third kappa shape index (κ3) is 4.75. The Labute approximate surface area is 102 Å². The lowest BCUT2D eigenvalue weighted by atomic mass is 10.4. The van der Waals surface area contributed by atoms with Gasteiger partial charge in [0.05, 0.1) is 12.3 Å². The van der Waals surface area contributed by atoms with Crippen LogP contribution in [-0.4, -0.2) is 43.2 Å². The highest BCUT2D eigenvalue weighted by Crippen LogP contribution is 2.19. The molecule has 1 N–H and O–H groups in total. The first kappa shape index (κ1) is 12.4. The fraction of sp³-hybridized carbons (Fsp3) is 0.750. The summed E-state index contributed by atoms with van der Waals surface area (Å²) in [6.07, 6.45) is 5.59. The molecule has 0 unspecified atom stereocenters. The van der Waals surface area contributed by atoms with Crippen molar-refractivity contribution in [3.05, 3.63) is 12.0 Å². The molecule has 0 saturated heterocycles. The van der Waals surface area contributed by atoms with Crippen molar-refractivity contribution in [3.63, 3.8) is 0 Å². The number of hydrogen-bond acceptors (Lipinski definition) is 5. The molecule has 17 heavy (non-hydrogen) atoms. The zero-order valence-corrected chi connectivity index (χ0v) is 10.6. The molecule has 5 nitrogen and oxygen atoms in total. The van der Waals surface area contributed by atoms with Gasteiger partial charge >= 0.3 is 6.08 Å². The van der Waals surface area contributed by atoms with E-state index >= 15 is 0 Å². The lowest BCUT2D eigenvalue weighted by Crippen LogP contribution is -2.16. The Morgan fingerprint density at radius 2 is 2.35 bits per heavy atom. The first-order valence-electron chi connectivity index (χ1n) is 6.19. The van der Waals surface area contributed by atoms with Gasteiger partial charge in [-0.3, -0.25) is 0 Å². The molecule has 1 fully saturated rings. The van der Waals surface area contributed by atoms with E-state index in [-0.39, 0.29) is 0 Å². The summed E-state index contributed by atoms with van der Waals surface area (Å²) in [5.74, 6) is 0. The predicted octanol–water partition coefficient (Wildman–Crippen LogP) is 1.26. The van der Waals surface area contributed by atoms with Crippen LogP contribution in [0, 0.1) is 0 Å². The zero-order valence-electron chi connectivity index (χ0n) is 10.6. The van der Waals surface area contributed by atoms with Crippen LogP contribution in [0.3, 0.4) is 0 Å². The van der Waals surface area contributed by atoms with Gasteiger partial charge in [0, 0.05) is 19.1 Å². The number of nitrogens with one attached hydrogen (secondary N) is 1. The largest absolute Gasteiger partial charge is 0.450 e. The first-order chi connectivity index (χ1) is 8.24. The van der Waals surface area contributed by atoms with Crippen LogP contribution in [0.1, 0.15) is 25.0 Å². The van der Waals surface area contributed by atoms with Gasteiger partial charge < -0.3 is 19.4 Å². The number of aromatic nitrogens is 1. The summed E-state index contributed by atoms with van der Waals surface area (Å²) < 4.78 is 10.7. The highest BCUT2D eigenvalue weighted by Gasteiger charge is 2.20. The van der Waals surface area contributed by atoms with Crippen LogP contribution in [-0.2, 0) is 6.54 Å². The molecule has 0 spiro atoms. The molecule has 1 aliphatic rings. The summed E-state index contributed by atoms with van der Waals surface area (Å²) >= 11 is 0. The van der Waals surface area contributed by atoms with E-state index in [1.54, 1.807) is 6.26 Å². The van der Waals surface area contributed by atoms with Gasteiger partial charge in [0.2, 0.25) is 0 Å². The van der Waals surface area contributed by atoms with Gasteiger partial charge in [-0.05, 0) is 33.4 Å². The number of nitrogens with zero attached hydrogens (tertiary/aromatic N) is 2. The van der Waals surface area contributed by atoms with Crippen LogP contribution in [0.4, 0.5) is 0 Å². The highest BCUT2D eigenvalue weighted by atomic mass is 16.6. The van der Waals surface area contributed by atoms with Crippen LogP contribution in [0.25, 0.3) is 0 Å². The molecular weight excluding hydrogens is 218 g/mol. The Morgan fingerprint density at radius 1 is 1.53 bits per heavy atom. The summed E-state index contributed by atoms with van der Waals surface area (Å²) in [6.45, 7) is 2.43. The second-order valence-electron chi connectivity index (χ2n) is 4.77. The summed E-state index contributed by atoms with van der Waals surface area (Å²) in [4.78, 5) is 6.39. The molecule has 1 saturated carbocycles. The summed E-state index contributed by atoms with van der Waals surface area (Å²) in [5, 5.41) is 3.38. The van der Waals surface area contributed by atoms with Gasteiger partial charge in [0.1, 0.15) is 6.26 Å². The first-order valence-corrected chi connectivity index (χ1v) is 6.19. The summed E-state index contributed by atoms with van der Waals surface area (Å²) in [5.41, 5.74) is 0.916. The second kappa shape index (κ2) is 6.02. The van der Waals surface area contributed by atoms with Crippen molar-refractivity contribution in [2.24, 2.45) is 0 Å². The molecule has 1 aliphatic carbocycles. The van der Waals surface area contributed by atoms with E-state index in [9.17, 15) is 0 Å². The highest BCUT2D eigenvalue weighted by molar-refractivity contribution is 5.00.